The molecular formula is C18H32O5. The van der Waals surface area contributed by atoms with Gasteiger partial charge < -0.3 is 15.3 Å². The smallest absolute Gasteiger partial charge is 0.303 e. The number of ketones is 1. The van der Waals surface area contributed by atoms with Crippen LogP contribution >= 0.6 is 0 Å². The van der Waals surface area contributed by atoms with Crippen LogP contribution < -0.4 is 0 Å². The first-order valence-electron chi connectivity index (χ1n) is 8.77. The lowest BCUT2D eigenvalue weighted by Crippen LogP contribution is -2.32. The van der Waals surface area contributed by atoms with E-state index in [4.69, 9.17) is 5.11 Å². The van der Waals surface area contributed by atoms with Gasteiger partial charge in [-0.3, -0.25) is 9.59 Å². The molecule has 0 rings (SSSR count). The highest BCUT2D eigenvalue weighted by Crippen LogP contribution is 2.12. The molecule has 2 unspecified atom stereocenters. The number of allylic oxidation sites excluding steroid dienone is 1. The van der Waals surface area contributed by atoms with Crippen LogP contribution in [0.3, 0.4) is 0 Å². The fourth-order valence-electron chi connectivity index (χ4n) is 2.33. The Morgan fingerprint density at radius 1 is 0.957 bits per heavy atom. The number of carboxylic acid groups (broad SMARTS) is 1. The van der Waals surface area contributed by atoms with Crippen molar-refractivity contribution >= 4 is 11.8 Å². The fraction of sp³-hybridized carbons (Fsp3) is 0.778. The molecule has 0 aliphatic rings. The van der Waals surface area contributed by atoms with Crippen LogP contribution in [0.1, 0.15) is 77.6 Å². The van der Waals surface area contributed by atoms with Gasteiger partial charge in [0.2, 0.25) is 0 Å². The molecule has 5 heteroatoms. The van der Waals surface area contributed by atoms with Crippen LogP contribution in [0.2, 0.25) is 0 Å². The Kier molecular flexibility index (Phi) is 13.6. The van der Waals surface area contributed by atoms with Crippen molar-refractivity contribution in [2.24, 2.45) is 0 Å². The van der Waals surface area contributed by atoms with Crippen LogP contribution in [0.5, 0.6) is 0 Å². The molecule has 0 heterocycles. The summed E-state index contributed by atoms with van der Waals surface area (Å²) in [5.41, 5.74) is 0. The fourth-order valence-corrected chi connectivity index (χ4v) is 2.33. The van der Waals surface area contributed by atoms with Gasteiger partial charge in [0.05, 0.1) is 6.10 Å². The Hall–Kier alpha value is -1.20. The summed E-state index contributed by atoms with van der Waals surface area (Å²) in [6.45, 7) is 2.18. The molecule has 2 atom stereocenters. The van der Waals surface area contributed by atoms with E-state index in [-0.39, 0.29) is 6.42 Å². The van der Waals surface area contributed by atoms with Crippen molar-refractivity contribution in [1.82, 2.24) is 0 Å². The molecule has 0 aromatic carbocycles. The molecule has 0 radical (unpaired) electrons. The van der Waals surface area contributed by atoms with E-state index in [2.05, 4.69) is 6.92 Å². The summed E-state index contributed by atoms with van der Waals surface area (Å²) in [7, 11) is 0. The molecule has 23 heavy (non-hydrogen) atoms. The third kappa shape index (κ3) is 13.0. The molecule has 5 nitrogen and oxygen atoms in total. The summed E-state index contributed by atoms with van der Waals surface area (Å²) in [5.74, 6) is -1.38. The van der Waals surface area contributed by atoms with Crippen LogP contribution in [0.15, 0.2) is 12.2 Å². The number of aliphatic hydroxyl groups excluding tert-OH is 2. The highest BCUT2D eigenvalue weighted by atomic mass is 16.4. The van der Waals surface area contributed by atoms with Gasteiger partial charge in [-0.15, -0.1) is 0 Å². The Morgan fingerprint density at radius 3 is 2.17 bits per heavy atom. The van der Waals surface area contributed by atoms with E-state index in [9.17, 15) is 19.8 Å². The Labute approximate surface area is 139 Å². The number of rotatable bonds is 15. The van der Waals surface area contributed by atoms with Crippen molar-refractivity contribution < 1.29 is 24.9 Å². The standard InChI is InChI=1S/C18H32O5/c1-2-3-4-5-6-7-9-12-15(19)18(23)16(20)13-10-8-11-14-17(21)22/h10,13,15,18-19,23H,2-9,11-12,14H2,1H3,(H,21,22)/b13-10-. The van der Waals surface area contributed by atoms with Crippen molar-refractivity contribution in [1.29, 1.82) is 0 Å². The maximum absolute atomic E-state index is 11.7. The molecule has 0 amide bonds. The van der Waals surface area contributed by atoms with E-state index in [0.29, 0.717) is 19.3 Å². The molecule has 0 saturated heterocycles. The number of carbonyl (C=O) groups is 2. The maximum atomic E-state index is 11.7. The summed E-state index contributed by atoms with van der Waals surface area (Å²) in [4.78, 5) is 22.0. The number of hydrogen-bond donors (Lipinski definition) is 3. The second-order valence-corrected chi connectivity index (χ2v) is 6.01. The first-order valence-corrected chi connectivity index (χ1v) is 8.77. The third-order valence-corrected chi connectivity index (χ3v) is 3.80. The highest BCUT2D eigenvalue weighted by Gasteiger charge is 2.21. The molecule has 0 aliphatic heterocycles. The summed E-state index contributed by atoms with van der Waals surface area (Å²) in [6, 6.07) is 0. The lowest BCUT2D eigenvalue weighted by Gasteiger charge is -2.15. The van der Waals surface area contributed by atoms with Gasteiger partial charge in [-0.1, -0.05) is 57.9 Å². The topological polar surface area (TPSA) is 94.8 Å². The second kappa shape index (κ2) is 14.4. The zero-order valence-corrected chi connectivity index (χ0v) is 14.2. The van der Waals surface area contributed by atoms with E-state index >= 15 is 0 Å². The Balaban J connectivity index is 3.77. The lowest BCUT2D eigenvalue weighted by molar-refractivity contribution is -0.137. The molecular weight excluding hydrogens is 296 g/mol. The van der Waals surface area contributed by atoms with E-state index in [0.717, 1.165) is 19.3 Å². The first-order chi connectivity index (χ1) is 11.0. The lowest BCUT2D eigenvalue weighted by atomic mass is 10.0. The number of hydrogen-bond acceptors (Lipinski definition) is 4. The van der Waals surface area contributed by atoms with E-state index in [1.165, 1.54) is 31.8 Å². The van der Waals surface area contributed by atoms with Gasteiger partial charge in [0.1, 0.15) is 6.10 Å². The van der Waals surface area contributed by atoms with Crippen molar-refractivity contribution in [3.8, 4) is 0 Å². The van der Waals surface area contributed by atoms with Gasteiger partial charge in [-0.05, 0) is 25.3 Å². The normalized spacial score (nSPS) is 14.0. The molecule has 0 aromatic heterocycles. The molecule has 0 aliphatic carbocycles. The van der Waals surface area contributed by atoms with Gasteiger partial charge >= 0.3 is 5.97 Å². The van der Waals surface area contributed by atoms with Gasteiger partial charge in [-0.25, -0.2) is 0 Å². The minimum atomic E-state index is -1.38. The number of aliphatic hydroxyl groups is 2. The number of carbonyl (C=O) groups excluding carboxylic acids is 1. The van der Waals surface area contributed by atoms with Crippen LogP contribution in [0, 0.1) is 0 Å². The maximum Gasteiger partial charge on any atom is 0.303 e. The molecule has 3 N–H and O–H groups in total. The van der Waals surface area contributed by atoms with E-state index in [1.54, 1.807) is 6.08 Å². The second-order valence-electron chi connectivity index (χ2n) is 6.01. The van der Waals surface area contributed by atoms with Crippen molar-refractivity contribution in [3.05, 3.63) is 12.2 Å². The molecule has 134 valence electrons. The van der Waals surface area contributed by atoms with Crippen molar-refractivity contribution in [2.45, 2.75) is 89.8 Å². The predicted molar refractivity (Wildman–Crippen MR) is 90.3 cm³/mol. The Bertz CT molecular complexity index is 351. The zero-order valence-electron chi connectivity index (χ0n) is 14.2. The summed E-state index contributed by atoms with van der Waals surface area (Å²) in [6.07, 6.45) is 9.64. The SMILES string of the molecule is CCCCCCCCCC(O)C(O)C(=O)/C=C\CCCC(=O)O. The third-order valence-electron chi connectivity index (χ3n) is 3.80. The zero-order chi connectivity index (χ0) is 17.5. The first kappa shape index (κ1) is 21.8. The van der Waals surface area contributed by atoms with Crippen LogP contribution in [-0.4, -0.2) is 39.3 Å². The summed E-state index contributed by atoms with van der Waals surface area (Å²) in [5, 5.41) is 28.1. The summed E-state index contributed by atoms with van der Waals surface area (Å²) >= 11 is 0. The average Bonchev–Trinajstić information content (AvgIpc) is 2.52. The minimum Gasteiger partial charge on any atom is -0.481 e. The quantitative estimate of drug-likeness (QED) is 0.317. The summed E-state index contributed by atoms with van der Waals surface area (Å²) < 4.78 is 0. The predicted octanol–water partition coefficient (Wildman–Crippen LogP) is 3.23. The van der Waals surface area contributed by atoms with Crippen LogP contribution in [0.25, 0.3) is 0 Å². The van der Waals surface area contributed by atoms with Crippen LogP contribution in [-0.2, 0) is 9.59 Å². The van der Waals surface area contributed by atoms with Gasteiger partial charge in [0.15, 0.2) is 5.78 Å². The minimum absolute atomic E-state index is 0.0575. The van der Waals surface area contributed by atoms with Gasteiger partial charge in [-0.2, -0.15) is 0 Å². The number of aliphatic carboxylic acids is 1. The molecule has 0 saturated carbocycles. The van der Waals surface area contributed by atoms with Crippen molar-refractivity contribution in [3.63, 3.8) is 0 Å². The van der Waals surface area contributed by atoms with E-state index in [1.807, 2.05) is 0 Å². The number of unbranched alkanes of at least 4 members (excludes halogenated alkanes) is 7. The van der Waals surface area contributed by atoms with E-state index < -0.39 is 24.0 Å². The Morgan fingerprint density at radius 2 is 1.57 bits per heavy atom. The molecule has 0 spiro atoms. The monoisotopic (exact) mass is 328 g/mol. The van der Waals surface area contributed by atoms with Gasteiger partial charge in [0.25, 0.3) is 0 Å². The molecule has 0 fully saturated rings. The van der Waals surface area contributed by atoms with Gasteiger partial charge in [0, 0.05) is 6.42 Å². The average molecular weight is 328 g/mol. The molecule has 0 aromatic rings. The molecule has 0 bridgehead atoms. The van der Waals surface area contributed by atoms with Crippen LogP contribution in [0.4, 0.5) is 0 Å². The van der Waals surface area contributed by atoms with Crippen molar-refractivity contribution in [2.75, 3.05) is 0 Å². The number of carboxylic acids is 1. The highest BCUT2D eigenvalue weighted by molar-refractivity contribution is 5.93. The largest absolute Gasteiger partial charge is 0.481 e.